The highest BCUT2D eigenvalue weighted by Gasteiger charge is 2.01. The maximum Gasteiger partial charge on any atom is 0.0481 e. The molecule has 0 fully saturated rings. The van der Waals surface area contributed by atoms with Crippen LogP contribution in [0.5, 0.6) is 0 Å². The molecule has 2 nitrogen and oxygen atoms in total. The van der Waals surface area contributed by atoms with Gasteiger partial charge in [-0.2, -0.15) is 0 Å². The summed E-state index contributed by atoms with van der Waals surface area (Å²) in [4.78, 5) is 5.27. The molecule has 1 N–H and O–H groups in total. The van der Waals surface area contributed by atoms with Gasteiger partial charge < -0.3 is 5.32 Å². The summed E-state index contributed by atoms with van der Waals surface area (Å²) in [6.45, 7) is 4.56. The molecule has 2 rings (SSSR count). The normalized spacial score (nSPS) is 10.0. The van der Waals surface area contributed by atoms with Crippen molar-refractivity contribution in [3.8, 4) is 0 Å². The zero-order valence-corrected chi connectivity index (χ0v) is 11.0. The van der Waals surface area contributed by atoms with Crippen molar-refractivity contribution in [1.29, 1.82) is 0 Å². The zero-order valence-electron chi connectivity index (χ0n) is 10.2. The average Bonchev–Trinajstić information content (AvgIpc) is 2.45. The molecule has 0 saturated heterocycles. The predicted molar refractivity (Wildman–Crippen MR) is 78.9 cm³/mol. The summed E-state index contributed by atoms with van der Waals surface area (Å²) >= 11 is 1.79. The lowest BCUT2D eigenvalue weighted by Gasteiger charge is -2.10. The van der Waals surface area contributed by atoms with Gasteiger partial charge in [-0.25, -0.2) is 0 Å². The van der Waals surface area contributed by atoms with E-state index in [0.29, 0.717) is 0 Å². The second-order valence-electron chi connectivity index (χ2n) is 3.80. The smallest absolute Gasteiger partial charge is 0.0481 e. The molecule has 0 aliphatic carbocycles. The van der Waals surface area contributed by atoms with Crippen LogP contribution in [0.15, 0.2) is 66.3 Å². The largest absolute Gasteiger partial charge is 0.380 e. The van der Waals surface area contributed by atoms with Crippen LogP contribution in [0.2, 0.25) is 0 Å². The van der Waals surface area contributed by atoms with E-state index in [1.165, 1.54) is 16.1 Å². The van der Waals surface area contributed by atoms with E-state index in [9.17, 15) is 0 Å². The van der Waals surface area contributed by atoms with Gasteiger partial charge in [-0.15, -0.1) is 18.3 Å². The molecule has 0 unspecified atom stereocenters. The number of nitrogens with zero attached hydrogens (tertiary/aromatic N) is 1. The van der Waals surface area contributed by atoms with Crippen molar-refractivity contribution in [2.45, 2.75) is 11.4 Å². The monoisotopic (exact) mass is 256 g/mol. The number of anilines is 1. The van der Waals surface area contributed by atoms with Crippen LogP contribution >= 0.6 is 11.8 Å². The van der Waals surface area contributed by atoms with Gasteiger partial charge in [0.05, 0.1) is 0 Å². The molecule has 92 valence electrons. The first kappa shape index (κ1) is 12.7. The fraction of sp³-hybridized carbons (Fsp3) is 0.133. The number of hydrogen-bond donors (Lipinski definition) is 1. The van der Waals surface area contributed by atoms with Gasteiger partial charge in [-0.05, 0) is 29.8 Å². The lowest BCUT2D eigenvalue weighted by Crippen LogP contribution is -2.00. The minimum absolute atomic E-state index is 0.814. The summed E-state index contributed by atoms with van der Waals surface area (Å²) in [5.41, 5.74) is 2.40. The highest BCUT2D eigenvalue weighted by Crippen LogP contribution is 2.27. The van der Waals surface area contributed by atoms with E-state index in [1.807, 2.05) is 36.7 Å². The molecule has 0 aliphatic rings. The molecule has 3 heteroatoms. The van der Waals surface area contributed by atoms with Gasteiger partial charge in [0.15, 0.2) is 0 Å². The molecule has 0 amide bonds. The Hall–Kier alpha value is -1.74. The average molecular weight is 256 g/mol. The molecule has 0 atom stereocenters. The quantitative estimate of drug-likeness (QED) is 0.625. The van der Waals surface area contributed by atoms with E-state index in [4.69, 9.17) is 0 Å². The van der Waals surface area contributed by atoms with Gasteiger partial charge in [-0.1, -0.05) is 18.2 Å². The van der Waals surface area contributed by atoms with Crippen molar-refractivity contribution in [2.75, 3.05) is 11.1 Å². The number of para-hydroxylation sites is 1. The molecule has 1 heterocycles. The first-order valence-electron chi connectivity index (χ1n) is 5.85. The zero-order chi connectivity index (χ0) is 12.6. The third-order valence-electron chi connectivity index (χ3n) is 2.48. The van der Waals surface area contributed by atoms with Crippen molar-refractivity contribution >= 4 is 17.4 Å². The number of benzene rings is 1. The molecule has 0 radical (unpaired) electrons. The standard InChI is InChI=1S/C15H16N2S/c1-2-11-18-15-6-4-3-5-14(15)17-12-13-7-9-16-10-8-13/h2-10,17H,1,11-12H2. The van der Waals surface area contributed by atoms with Crippen molar-refractivity contribution in [2.24, 2.45) is 0 Å². The maximum absolute atomic E-state index is 4.02. The molecule has 2 aromatic rings. The van der Waals surface area contributed by atoms with Crippen LogP contribution in [0.3, 0.4) is 0 Å². The van der Waals surface area contributed by atoms with E-state index < -0.39 is 0 Å². The van der Waals surface area contributed by atoms with E-state index in [1.54, 1.807) is 11.8 Å². The van der Waals surface area contributed by atoms with Crippen LogP contribution in [-0.4, -0.2) is 10.7 Å². The highest BCUT2D eigenvalue weighted by atomic mass is 32.2. The fourth-order valence-corrected chi connectivity index (χ4v) is 2.35. The second-order valence-corrected chi connectivity index (χ2v) is 4.87. The van der Waals surface area contributed by atoms with Crippen LogP contribution in [0.4, 0.5) is 5.69 Å². The Balaban J connectivity index is 2.02. The molecule has 0 bridgehead atoms. The van der Waals surface area contributed by atoms with Gasteiger partial charge in [0.1, 0.15) is 0 Å². The number of aromatic nitrogens is 1. The molecular weight excluding hydrogens is 240 g/mol. The van der Waals surface area contributed by atoms with E-state index in [0.717, 1.165) is 12.3 Å². The third kappa shape index (κ3) is 3.64. The number of rotatable bonds is 6. The molecule has 0 spiro atoms. The van der Waals surface area contributed by atoms with Gasteiger partial charge >= 0.3 is 0 Å². The Morgan fingerprint density at radius 1 is 1.17 bits per heavy atom. The summed E-state index contributed by atoms with van der Waals surface area (Å²) in [6.07, 6.45) is 5.55. The van der Waals surface area contributed by atoms with E-state index >= 15 is 0 Å². The van der Waals surface area contributed by atoms with Gasteiger partial charge in [0, 0.05) is 35.3 Å². The molecule has 18 heavy (non-hydrogen) atoms. The van der Waals surface area contributed by atoms with Gasteiger partial charge in [0.2, 0.25) is 0 Å². The number of nitrogens with one attached hydrogen (secondary N) is 1. The molecule has 1 aromatic heterocycles. The van der Waals surface area contributed by atoms with Crippen LogP contribution in [-0.2, 0) is 6.54 Å². The Kier molecular flexibility index (Phi) is 4.85. The van der Waals surface area contributed by atoms with E-state index in [2.05, 4.69) is 35.1 Å². The summed E-state index contributed by atoms with van der Waals surface area (Å²) in [6, 6.07) is 12.4. The Bertz CT molecular complexity index is 497. The highest BCUT2D eigenvalue weighted by molar-refractivity contribution is 7.99. The third-order valence-corrected chi connectivity index (χ3v) is 3.55. The SMILES string of the molecule is C=CCSc1ccccc1NCc1ccncc1. The lowest BCUT2D eigenvalue weighted by atomic mass is 10.2. The topological polar surface area (TPSA) is 24.9 Å². The predicted octanol–water partition coefficient (Wildman–Crippen LogP) is 3.97. The Labute approximate surface area is 112 Å². The van der Waals surface area contributed by atoms with Crippen molar-refractivity contribution in [1.82, 2.24) is 4.98 Å². The van der Waals surface area contributed by atoms with Gasteiger partial charge in [-0.3, -0.25) is 4.98 Å². The summed E-state index contributed by atoms with van der Waals surface area (Å²) in [7, 11) is 0. The number of pyridine rings is 1. The second kappa shape index (κ2) is 6.87. The van der Waals surface area contributed by atoms with Gasteiger partial charge in [0.25, 0.3) is 0 Å². The maximum atomic E-state index is 4.02. The summed E-state index contributed by atoms with van der Waals surface area (Å²) < 4.78 is 0. The number of hydrogen-bond acceptors (Lipinski definition) is 3. The summed E-state index contributed by atoms with van der Waals surface area (Å²) in [5.74, 6) is 0.925. The minimum atomic E-state index is 0.814. The Morgan fingerprint density at radius 2 is 1.94 bits per heavy atom. The molecular formula is C15H16N2S. The van der Waals surface area contributed by atoms with Crippen molar-refractivity contribution in [3.63, 3.8) is 0 Å². The molecule has 0 aliphatic heterocycles. The number of thioether (sulfide) groups is 1. The first-order valence-corrected chi connectivity index (χ1v) is 6.84. The lowest BCUT2D eigenvalue weighted by molar-refractivity contribution is 1.11. The van der Waals surface area contributed by atoms with Crippen molar-refractivity contribution in [3.05, 3.63) is 67.0 Å². The van der Waals surface area contributed by atoms with Crippen LogP contribution in [0.1, 0.15) is 5.56 Å². The van der Waals surface area contributed by atoms with Crippen molar-refractivity contribution < 1.29 is 0 Å². The Morgan fingerprint density at radius 3 is 2.72 bits per heavy atom. The summed E-state index contributed by atoms with van der Waals surface area (Å²) in [5, 5.41) is 3.46. The molecule has 0 saturated carbocycles. The van der Waals surface area contributed by atoms with E-state index in [-0.39, 0.29) is 0 Å². The van der Waals surface area contributed by atoms with Crippen LogP contribution in [0, 0.1) is 0 Å². The first-order chi connectivity index (χ1) is 8.90. The fourth-order valence-electron chi connectivity index (χ4n) is 1.59. The van der Waals surface area contributed by atoms with Crippen LogP contribution < -0.4 is 5.32 Å². The minimum Gasteiger partial charge on any atom is -0.380 e. The molecule has 1 aromatic carbocycles. The van der Waals surface area contributed by atoms with Crippen LogP contribution in [0.25, 0.3) is 0 Å².